The Balaban J connectivity index is 1.70. The molecule has 10 nitrogen and oxygen atoms in total. The molecule has 0 unspecified atom stereocenters. The highest BCUT2D eigenvalue weighted by Crippen LogP contribution is 2.37. The number of rotatable bonds is 5. The van der Waals surface area contributed by atoms with Gasteiger partial charge < -0.3 is 19.3 Å². The second-order valence-corrected chi connectivity index (χ2v) is 12.4. The fourth-order valence-electron chi connectivity index (χ4n) is 5.41. The molecular weight excluding hydrogens is 568 g/mol. The van der Waals surface area contributed by atoms with Crippen LogP contribution in [0.15, 0.2) is 53.5 Å². The van der Waals surface area contributed by atoms with E-state index in [0.29, 0.717) is 64.3 Å². The summed E-state index contributed by atoms with van der Waals surface area (Å²) in [6.07, 6.45) is 1.27. The second kappa shape index (κ2) is 11.8. The first kappa shape index (κ1) is 30.3. The van der Waals surface area contributed by atoms with Crippen LogP contribution in [0.2, 0.25) is 5.02 Å². The van der Waals surface area contributed by atoms with Crippen molar-refractivity contribution in [1.29, 1.82) is 0 Å². The number of fused-ring (bicyclic) bond motifs is 1. The summed E-state index contributed by atoms with van der Waals surface area (Å²) < 4.78 is 12.7. The Bertz CT molecular complexity index is 1730. The van der Waals surface area contributed by atoms with Crippen LogP contribution in [0.5, 0.6) is 5.88 Å². The molecular formula is C32H37ClN6O4. The van der Waals surface area contributed by atoms with Gasteiger partial charge in [0.05, 0.1) is 34.5 Å². The number of ether oxygens (including phenoxy) is 2. The second-order valence-electron chi connectivity index (χ2n) is 12.0. The largest absolute Gasteiger partial charge is 0.481 e. The number of hydrogen-bond acceptors (Lipinski definition) is 8. The molecule has 3 aromatic heterocycles. The Morgan fingerprint density at radius 2 is 1.84 bits per heavy atom. The first-order chi connectivity index (χ1) is 20.4. The van der Waals surface area contributed by atoms with Gasteiger partial charge in [-0.05, 0) is 63.4 Å². The van der Waals surface area contributed by atoms with Crippen molar-refractivity contribution < 1.29 is 14.3 Å². The Hall–Kier alpha value is -4.18. The molecule has 1 saturated heterocycles. The number of amides is 1. The van der Waals surface area contributed by atoms with Crippen LogP contribution >= 0.6 is 11.6 Å². The van der Waals surface area contributed by atoms with Crippen molar-refractivity contribution in [2.75, 3.05) is 31.6 Å². The monoisotopic (exact) mass is 604 g/mol. The molecule has 1 aliphatic rings. The van der Waals surface area contributed by atoms with Gasteiger partial charge in [-0.3, -0.25) is 0 Å². The number of piperazine rings is 1. The molecule has 0 spiro atoms. The summed E-state index contributed by atoms with van der Waals surface area (Å²) in [6, 6.07) is 13.0. The van der Waals surface area contributed by atoms with Crippen LogP contribution in [-0.4, -0.2) is 68.9 Å². The molecule has 0 saturated carbocycles. The molecule has 1 amide bonds. The van der Waals surface area contributed by atoms with Crippen molar-refractivity contribution in [1.82, 2.24) is 24.4 Å². The van der Waals surface area contributed by atoms with Gasteiger partial charge in [0.25, 0.3) is 0 Å². The molecule has 1 atom stereocenters. The van der Waals surface area contributed by atoms with E-state index in [1.54, 1.807) is 27.8 Å². The number of benzene rings is 1. The highest BCUT2D eigenvalue weighted by atomic mass is 35.5. The number of nitrogens with zero attached hydrogens (tertiary/aromatic N) is 6. The average molecular weight is 605 g/mol. The highest BCUT2D eigenvalue weighted by molar-refractivity contribution is 6.34. The standard InChI is InChI=1S/C32H37ClN6O4/c1-19(2)21-11-8-9-13-25(21)39-28-23(17-24(33)26(35-28)22-12-10-14-34-29(22)42-7)27(36-30(39)40)38-16-15-37(18-20(38)3)31(41)43-32(4,5)6/h8-14,17,19-20H,15-16,18H2,1-7H3/t20-/m0/s1. The summed E-state index contributed by atoms with van der Waals surface area (Å²) in [5.41, 5.74) is 2.08. The molecule has 226 valence electrons. The third-order valence-electron chi connectivity index (χ3n) is 7.37. The number of carbonyl (C=O) groups is 1. The summed E-state index contributed by atoms with van der Waals surface area (Å²) in [5, 5.41) is 0.983. The van der Waals surface area contributed by atoms with E-state index in [1.807, 2.05) is 62.9 Å². The Morgan fingerprint density at radius 3 is 2.51 bits per heavy atom. The SMILES string of the molecule is COc1ncccc1-c1nc2c(cc1Cl)c(N1CCN(C(=O)OC(C)(C)C)C[C@@H]1C)nc(=O)n2-c1ccccc1C(C)C. The maximum atomic E-state index is 14.0. The van der Waals surface area contributed by atoms with Crippen molar-refractivity contribution in [3.63, 3.8) is 0 Å². The van der Waals surface area contributed by atoms with Crippen molar-refractivity contribution in [2.45, 2.75) is 59.1 Å². The first-order valence-electron chi connectivity index (χ1n) is 14.4. The van der Waals surface area contributed by atoms with E-state index in [-0.39, 0.29) is 18.1 Å². The molecule has 4 heterocycles. The molecule has 0 bridgehead atoms. The Kier molecular flexibility index (Phi) is 8.34. The third-order valence-corrected chi connectivity index (χ3v) is 7.66. The lowest BCUT2D eigenvalue weighted by atomic mass is 10.0. The zero-order valence-corrected chi connectivity index (χ0v) is 26.3. The molecule has 1 fully saturated rings. The molecule has 0 radical (unpaired) electrons. The molecule has 0 aliphatic carbocycles. The van der Waals surface area contributed by atoms with E-state index in [9.17, 15) is 9.59 Å². The van der Waals surface area contributed by atoms with Crippen LogP contribution in [0.4, 0.5) is 10.6 Å². The van der Waals surface area contributed by atoms with Gasteiger partial charge in [0, 0.05) is 31.9 Å². The highest BCUT2D eigenvalue weighted by Gasteiger charge is 2.32. The summed E-state index contributed by atoms with van der Waals surface area (Å²) in [5.74, 6) is 0.978. The summed E-state index contributed by atoms with van der Waals surface area (Å²) >= 11 is 6.91. The van der Waals surface area contributed by atoms with E-state index in [1.165, 1.54) is 7.11 Å². The summed E-state index contributed by atoms with van der Waals surface area (Å²) in [7, 11) is 1.54. The molecule has 0 N–H and O–H groups in total. The van der Waals surface area contributed by atoms with Gasteiger partial charge >= 0.3 is 11.8 Å². The van der Waals surface area contributed by atoms with Crippen molar-refractivity contribution in [3.8, 4) is 22.8 Å². The van der Waals surface area contributed by atoms with E-state index in [0.717, 1.165) is 5.56 Å². The number of carbonyl (C=O) groups excluding carboxylic acids is 1. The minimum atomic E-state index is -0.594. The zero-order valence-electron chi connectivity index (χ0n) is 25.6. The lowest BCUT2D eigenvalue weighted by Crippen LogP contribution is -2.55. The lowest BCUT2D eigenvalue weighted by Gasteiger charge is -2.41. The topological polar surface area (TPSA) is 103 Å². The van der Waals surface area contributed by atoms with Gasteiger partial charge in [-0.1, -0.05) is 43.6 Å². The fraction of sp³-hybridized carbons (Fsp3) is 0.406. The van der Waals surface area contributed by atoms with Gasteiger partial charge in [-0.25, -0.2) is 24.1 Å². The van der Waals surface area contributed by atoms with Crippen LogP contribution in [-0.2, 0) is 4.74 Å². The van der Waals surface area contributed by atoms with E-state index in [4.69, 9.17) is 26.1 Å². The maximum absolute atomic E-state index is 14.0. The van der Waals surface area contributed by atoms with Crippen LogP contribution in [0, 0.1) is 0 Å². The number of hydrogen-bond donors (Lipinski definition) is 0. The number of aromatic nitrogens is 4. The van der Waals surface area contributed by atoms with E-state index >= 15 is 0 Å². The smallest absolute Gasteiger partial charge is 0.410 e. The molecule has 11 heteroatoms. The number of halogens is 1. The molecule has 4 aromatic rings. The Labute approximate surface area is 256 Å². The molecule has 5 rings (SSSR count). The van der Waals surface area contributed by atoms with Crippen LogP contribution < -0.4 is 15.3 Å². The minimum Gasteiger partial charge on any atom is -0.481 e. The molecule has 1 aromatic carbocycles. The van der Waals surface area contributed by atoms with Gasteiger partial charge in [0.15, 0.2) is 5.65 Å². The Morgan fingerprint density at radius 1 is 1.09 bits per heavy atom. The predicted molar refractivity (Wildman–Crippen MR) is 169 cm³/mol. The molecule has 43 heavy (non-hydrogen) atoms. The first-order valence-corrected chi connectivity index (χ1v) is 14.7. The van der Waals surface area contributed by atoms with Crippen molar-refractivity contribution >= 4 is 34.5 Å². The number of para-hydroxylation sites is 1. The number of pyridine rings is 2. The van der Waals surface area contributed by atoms with Gasteiger partial charge in [-0.15, -0.1) is 0 Å². The quantitative estimate of drug-likeness (QED) is 0.270. The third kappa shape index (κ3) is 6.01. The van der Waals surface area contributed by atoms with Crippen molar-refractivity contribution in [3.05, 3.63) is 69.7 Å². The van der Waals surface area contributed by atoms with E-state index in [2.05, 4.69) is 23.8 Å². The van der Waals surface area contributed by atoms with Crippen LogP contribution in [0.25, 0.3) is 28.0 Å². The number of methoxy groups -OCH3 is 1. The maximum Gasteiger partial charge on any atom is 0.410 e. The van der Waals surface area contributed by atoms with Gasteiger partial charge in [0.2, 0.25) is 5.88 Å². The fourth-order valence-corrected chi connectivity index (χ4v) is 5.66. The van der Waals surface area contributed by atoms with Crippen molar-refractivity contribution in [2.24, 2.45) is 0 Å². The lowest BCUT2D eigenvalue weighted by molar-refractivity contribution is 0.0218. The molecule has 1 aliphatic heterocycles. The predicted octanol–water partition coefficient (Wildman–Crippen LogP) is 6.07. The van der Waals surface area contributed by atoms with Gasteiger partial charge in [0.1, 0.15) is 11.4 Å². The van der Waals surface area contributed by atoms with Crippen LogP contribution in [0.1, 0.15) is 53.0 Å². The normalized spacial score (nSPS) is 15.7. The number of anilines is 1. The summed E-state index contributed by atoms with van der Waals surface area (Å²) in [4.78, 5) is 44.5. The van der Waals surface area contributed by atoms with Crippen LogP contribution in [0.3, 0.4) is 0 Å². The summed E-state index contributed by atoms with van der Waals surface area (Å²) in [6.45, 7) is 13.0. The average Bonchev–Trinajstić information content (AvgIpc) is 2.96. The van der Waals surface area contributed by atoms with Gasteiger partial charge in [-0.2, -0.15) is 4.98 Å². The van der Waals surface area contributed by atoms with E-state index < -0.39 is 11.3 Å². The zero-order chi connectivity index (χ0) is 31.1. The minimum absolute atomic E-state index is 0.143.